The van der Waals surface area contributed by atoms with E-state index >= 15 is 0 Å². The Hall–Kier alpha value is -5.01. The fraction of sp³-hybridized carbons (Fsp3) is 0.119. The topological polar surface area (TPSA) is 12.9 Å². The molecule has 0 saturated carbocycles. The zero-order valence-corrected chi connectivity index (χ0v) is 24.5. The molecule has 0 atom stereocenters. The van der Waals surface area contributed by atoms with Crippen LogP contribution in [0.1, 0.15) is 49.4 Å². The Morgan fingerprint density at radius 2 is 1.12 bits per heavy atom. The number of fused-ring (bicyclic) bond motifs is 3. The smallest absolute Gasteiger partial charge is 0.0709 e. The van der Waals surface area contributed by atoms with Gasteiger partial charge >= 0.3 is 0 Å². The zero-order chi connectivity index (χ0) is 28.8. The third-order valence-corrected chi connectivity index (χ3v) is 9.24. The summed E-state index contributed by atoms with van der Waals surface area (Å²) in [5.74, 6) is 0. The molecule has 0 aliphatic heterocycles. The maximum atomic E-state index is 5.10. The van der Waals surface area contributed by atoms with Crippen LogP contribution in [0.2, 0.25) is 0 Å². The average Bonchev–Trinajstić information content (AvgIpc) is 3.08. The molecule has 0 saturated heterocycles. The minimum Gasteiger partial charge on any atom is -0.248 e. The Balaban J connectivity index is 1.36. The molecule has 43 heavy (non-hydrogen) atoms. The van der Waals surface area contributed by atoms with Crippen LogP contribution in [0, 0.1) is 0 Å². The second-order valence-electron chi connectivity index (χ2n) is 11.8. The van der Waals surface area contributed by atoms with E-state index in [1.54, 1.807) is 0 Å². The van der Waals surface area contributed by atoms with Gasteiger partial charge in [-0.05, 0) is 111 Å². The predicted molar refractivity (Wildman–Crippen MR) is 183 cm³/mol. The Kier molecular flexibility index (Phi) is 6.38. The number of aromatic nitrogens is 1. The van der Waals surface area contributed by atoms with Gasteiger partial charge in [-0.3, -0.25) is 0 Å². The van der Waals surface area contributed by atoms with Gasteiger partial charge in [0.1, 0.15) is 0 Å². The molecule has 0 bridgehead atoms. The summed E-state index contributed by atoms with van der Waals surface area (Å²) in [6.45, 7) is 2.29. The van der Waals surface area contributed by atoms with E-state index in [2.05, 4.69) is 140 Å². The summed E-state index contributed by atoms with van der Waals surface area (Å²) < 4.78 is 0. The van der Waals surface area contributed by atoms with Crippen LogP contribution in [0.4, 0.5) is 0 Å². The van der Waals surface area contributed by atoms with Gasteiger partial charge in [-0.25, -0.2) is 4.98 Å². The number of benzene rings is 5. The number of rotatable bonds is 4. The van der Waals surface area contributed by atoms with Crippen LogP contribution in [0.3, 0.4) is 0 Å². The van der Waals surface area contributed by atoms with Crippen molar-refractivity contribution in [1.82, 2.24) is 4.98 Å². The van der Waals surface area contributed by atoms with Gasteiger partial charge in [0.15, 0.2) is 0 Å². The van der Waals surface area contributed by atoms with Crippen molar-refractivity contribution >= 4 is 43.8 Å². The average molecular weight is 552 g/mol. The SMILES string of the molecule is CC1=c2ccccc2=C(c2c3ccccc3c(C3=CC(c4cccc(-c5ccccc5)n4)=CCC3)c3ccccc23)CC1. The molecule has 5 aromatic carbocycles. The second kappa shape index (κ2) is 10.7. The third kappa shape index (κ3) is 4.44. The van der Waals surface area contributed by atoms with Crippen molar-refractivity contribution < 1.29 is 0 Å². The molecule has 0 radical (unpaired) electrons. The lowest BCUT2D eigenvalue weighted by Gasteiger charge is -2.23. The normalized spacial score (nSPS) is 14.9. The molecule has 2 aliphatic carbocycles. The molecule has 1 heterocycles. The Bertz CT molecular complexity index is 2170. The summed E-state index contributed by atoms with van der Waals surface area (Å²) in [5.41, 5.74) is 11.5. The molecule has 0 amide bonds. The highest BCUT2D eigenvalue weighted by atomic mass is 14.7. The number of allylic oxidation sites excluding steroid dienone is 4. The fourth-order valence-electron chi connectivity index (χ4n) is 7.20. The van der Waals surface area contributed by atoms with Crippen LogP contribution in [-0.4, -0.2) is 4.98 Å². The number of hydrogen-bond donors (Lipinski definition) is 0. The third-order valence-electron chi connectivity index (χ3n) is 9.24. The summed E-state index contributed by atoms with van der Waals surface area (Å²) in [4.78, 5) is 5.10. The Morgan fingerprint density at radius 1 is 0.512 bits per heavy atom. The lowest BCUT2D eigenvalue weighted by atomic mass is 9.80. The first-order valence-electron chi connectivity index (χ1n) is 15.4. The van der Waals surface area contributed by atoms with Gasteiger partial charge in [-0.2, -0.15) is 0 Å². The molecule has 1 aromatic heterocycles. The van der Waals surface area contributed by atoms with Crippen molar-refractivity contribution in [2.75, 3.05) is 0 Å². The van der Waals surface area contributed by atoms with Crippen LogP contribution >= 0.6 is 0 Å². The van der Waals surface area contributed by atoms with Gasteiger partial charge in [0.25, 0.3) is 0 Å². The number of nitrogens with zero attached hydrogens (tertiary/aromatic N) is 1. The van der Waals surface area contributed by atoms with Crippen molar-refractivity contribution in [3.05, 3.63) is 161 Å². The van der Waals surface area contributed by atoms with E-state index < -0.39 is 0 Å². The van der Waals surface area contributed by atoms with E-state index in [-0.39, 0.29) is 0 Å². The van der Waals surface area contributed by atoms with Crippen molar-refractivity contribution in [3.63, 3.8) is 0 Å². The lowest BCUT2D eigenvalue weighted by molar-refractivity contribution is 1.04. The summed E-state index contributed by atoms with van der Waals surface area (Å²) in [6.07, 6.45) is 8.94. The minimum absolute atomic E-state index is 1.00. The quantitative estimate of drug-likeness (QED) is 0.199. The molecule has 0 fully saturated rings. The maximum Gasteiger partial charge on any atom is 0.0709 e. The van der Waals surface area contributed by atoms with Crippen LogP contribution < -0.4 is 10.4 Å². The molecule has 0 spiro atoms. The standard InChI is InChI=1S/C42H33N/c1-28-25-26-38(33-18-6-5-17-32(28)33)42-36-21-9-7-19-34(36)41(35-20-8-10-22-37(35)42)31-16-11-15-30(27-31)40-24-12-23-39(43-40)29-13-3-2-4-14-29/h2-10,12-15,17-24,27H,11,16,25-26H2,1H3. The monoisotopic (exact) mass is 551 g/mol. The van der Waals surface area contributed by atoms with Gasteiger partial charge in [0.2, 0.25) is 0 Å². The maximum absolute atomic E-state index is 5.10. The zero-order valence-electron chi connectivity index (χ0n) is 24.5. The van der Waals surface area contributed by atoms with Gasteiger partial charge in [0, 0.05) is 5.56 Å². The van der Waals surface area contributed by atoms with E-state index in [1.807, 2.05) is 0 Å². The first-order valence-corrected chi connectivity index (χ1v) is 15.4. The van der Waals surface area contributed by atoms with Crippen molar-refractivity contribution in [3.8, 4) is 11.3 Å². The van der Waals surface area contributed by atoms with E-state index in [0.29, 0.717) is 0 Å². The summed E-state index contributed by atoms with van der Waals surface area (Å²) in [7, 11) is 0. The highest BCUT2D eigenvalue weighted by Crippen LogP contribution is 2.43. The van der Waals surface area contributed by atoms with E-state index in [4.69, 9.17) is 4.98 Å². The first kappa shape index (κ1) is 25.7. The van der Waals surface area contributed by atoms with Crippen molar-refractivity contribution in [2.24, 2.45) is 0 Å². The molecule has 206 valence electrons. The summed E-state index contributed by atoms with van der Waals surface area (Å²) in [6, 6.07) is 44.0. The van der Waals surface area contributed by atoms with Gasteiger partial charge in [-0.1, -0.05) is 121 Å². The number of hydrogen-bond acceptors (Lipinski definition) is 1. The van der Waals surface area contributed by atoms with Crippen molar-refractivity contribution in [2.45, 2.75) is 32.6 Å². The van der Waals surface area contributed by atoms with Gasteiger partial charge in [-0.15, -0.1) is 0 Å². The largest absolute Gasteiger partial charge is 0.248 e. The first-order chi connectivity index (χ1) is 21.3. The highest BCUT2D eigenvalue weighted by molar-refractivity contribution is 6.16. The molecular weight excluding hydrogens is 518 g/mol. The van der Waals surface area contributed by atoms with Crippen LogP contribution in [0.5, 0.6) is 0 Å². The molecule has 2 aliphatic rings. The number of pyridine rings is 1. The van der Waals surface area contributed by atoms with Gasteiger partial charge in [0.05, 0.1) is 11.4 Å². The molecule has 6 aromatic rings. The Labute approximate surface area is 252 Å². The predicted octanol–water partition coefficient (Wildman–Crippen LogP) is 9.48. The lowest BCUT2D eigenvalue weighted by Crippen LogP contribution is -2.31. The van der Waals surface area contributed by atoms with E-state index in [9.17, 15) is 0 Å². The van der Waals surface area contributed by atoms with Crippen molar-refractivity contribution in [1.29, 1.82) is 0 Å². The van der Waals surface area contributed by atoms with E-state index in [0.717, 1.165) is 42.6 Å². The van der Waals surface area contributed by atoms with Crippen LogP contribution in [0.15, 0.2) is 133 Å². The van der Waals surface area contributed by atoms with Crippen LogP contribution in [-0.2, 0) is 0 Å². The second-order valence-corrected chi connectivity index (χ2v) is 11.8. The molecule has 0 N–H and O–H groups in total. The van der Waals surface area contributed by atoms with E-state index in [1.165, 1.54) is 65.4 Å². The minimum atomic E-state index is 1.00. The molecule has 0 unspecified atom stereocenters. The molecule has 1 heteroatoms. The van der Waals surface area contributed by atoms with Gasteiger partial charge < -0.3 is 0 Å². The molecule has 8 rings (SSSR count). The summed E-state index contributed by atoms with van der Waals surface area (Å²) >= 11 is 0. The molecule has 1 nitrogen and oxygen atoms in total. The van der Waals surface area contributed by atoms with Crippen LogP contribution in [0.25, 0.3) is 55.1 Å². The Morgan fingerprint density at radius 3 is 1.84 bits per heavy atom. The fourth-order valence-corrected chi connectivity index (χ4v) is 7.20. The summed E-state index contributed by atoms with van der Waals surface area (Å²) in [5, 5.41) is 8.16. The highest BCUT2D eigenvalue weighted by Gasteiger charge is 2.22. The molecular formula is C42H33N.